The molecule has 0 atom stereocenters. The summed E-state index contributed by atoms with van der Waals surface area (Å²) in [5.74, 6) is 0. The topological polar surface area (TPSA) is 59.9 Å². The molecule has 1 fully saturated rings. The van der Waals surface area contributed by atoms with Gasteiger partial charge < -0.3 is 4.74 Å². The molecule has 5 nitrogen and oxygen atoms in total. The van der Waals surface area contributed by atoms with Crippen molar-refractivity contribution >= 4 is 0 Å². The number of nitrogens with zero attached hydrogens (tertiary/aromatic N) is 2. The van der Waals surface area contributed by atoms with Gasteiger partial charge in [-0.15, -0.1) is 0 Å². The van der Waals surface area contributed by atoms with Crippen LogP contribution >= 0.6 is 0 Å². The number of hydrogen-bond donors (Lipinski definition) is 1. The third-order valence-corrected chi connectivity index (χ3v) is 2.16. The van der Waals surface area contributed by atoms with Crippen molar-refractivity contribution in [3.8, 4) is 0 Å². The second-order valence-electron chi connectivity index (χ2n) is 2.91. The Bertz CT molecular complexity index is 298. The molecule has 1 aromatic rings. The molecular weight excluding hydrogens is 158 g/mol. The second-order valence-corrected chi connectivity index (χ2v) is 2.91. The van der Waals surface area contributed by atoms with E-state index >= 15 is 0 Å². The fourth-order valence-electron chi connectivity index (χ4n) is 1.48. The van der Waals surface area contributed by atoms with Gasteiger partial charge in [-0.2, -0.15) is 5.10 Å². The molecule has 1 N–H and O–H groups in total. The number of H-pyrrole nitrogens is 1. The fraction of sp³-hybridized carbons (Fsp3) is 0.714. The molecule has 12 heavy (non-hydrogen) atoms. The lowest BCUT2D eigenvalue weighted by atomic mass is 10.1. The molecule has 0 unspecified atom stereocenters. The van der Waals surface area contributed by atoms with Gasteiger partial charge in [-0.1, -0.05) is 0 Å². The summed E-state index contributed by atoms with van der Waals surface area (Å²) in [4.78, 5) is 11.1. The van der Waals surface area contributed by atoms with E-state index in [1.54, 1.807) is 10.9 Å². The van der Waals surface area contributed by atoms with Crippen LogP contribution in [-0.2, 0) is 4.74 Å². The highest BCUT2D eigenvalue weighted by atomic mass is 16.5. The minimum Gasteiger partial charge on any atom is -0.381 e. The van der Waals surface area contributed by atoms with Crippen molar-refractivity contribution in [2.75, 3.05) is 13.2 Å². The Hall–Kier alpha value is -1.10. The van der Waals surface area contributed by atoms with E-state index in [-0.39, 0.29) is 11.7 Å². The summed E-state index contributed by atoms with van der Waals surface area (Å²) in [6, 6.07) is 0.269. The van der Waals surface area contributed by atoms with Crippen molar-refractivity contribution in [3.05, 3.63) is 16.8 Å². The van der Waals surface area contributed by atoms with Crippen molar-refractivity contribution in [2.24, 2.45) is 0 Å². The molecule has 0 radical (unpaired) electrons. The maximum atomic E-state index is 11.1. The predicted molar refractivity (Wildman–Crippen MR) is 41.9 cm³/mol. The molecule has 1 aliphatic heterocycles. The molecule has 1 aliphatic rings. The molecule has 66 valence electrons. The van der Waals surface area contributed by atoms with Crippen LogP contribution in [0.5, 0.6) is 0 Å². The van der Waals surface area contributed by atoms with E-state index in [1.165, 1.54) is 0 Å². The van der Waals surface area contributed by atoms with Crippen LogP contribution in [0.3, 0.4) is 0 Å². The summed E-state index contributed by atoms with van der Waals surface area (Å²) in [6.45, 7) is 1.48. The average Bonchev–Trinajstić information content (AvgIpc) is 2.53. The van der Waals surface area contributed by atoms with Gasteiger partial charge in [-0.3, -0.25) is 4.57 Å². The molecule has 0 saturated carbocycles. The van der Waals surface area contributed by atoms with Crippen LogP contribution in [0.2, 0.25) is 0 Å². The summed E-state index contributed by atoms with van der Waals surface area (Å²) in [6.07, 6.45) is 3.36. The lowest BCUT2D eigenvalue weighted by molar-refractivity contribution is 0.0687. The molecule has 0 amide bonds. The molecular formula is C7H11N3O2. The van der Waals surface area contributed by atoms with Gasteiger partial charge in [-0.25, -0.2) is 9.89 Å². The van der Waals surface area contributed by atoms with Crippen molar-refractivity contribution in [2.45, 2.75) is 18.9 Å². The van der Waals surface area contributed by atoms with Crippen molar-refractivity contribution in [1.29, 1.82) is 0 Å². The van der Waals surface area contributed by atoms with Crippen LogP contribution in [0.4, 0.5) is 0 Å². The van der Waals surface area contributed by atoms with E-state index < -0.39 is 0 Å². The Morgan fingerprint density at radius 3 is 2.92 bits per heavy atom. The maximum Gasteiger partial charge on any atom is 0.343 e. The zero-order chi connectivity index (χ0) is 8.39. The number of rotatable bonds is 1. The number of ether oxygens (including phenoxy) is 1. The van der Waals surface area contributed by atoms with Crippen LogP contribution in [0.25, 0.3) is 0 Å². The smallest absolute Gasteiger partial charge is 0.343 e. The van der Waals surface area contributed by atoms with Gasteiger partial charge in [0.25, 0.3) is 0 Å². The number of aromatic amines is 1. The first kappa shape index (κ1) is 7.54. The molecule has 0 aromatic carbocycles. The molecule has 0 bridgehead atoms. The van der Waals surface area contributed by atoms with Gasteiger partial charge in [0.15, 0.2) is 0 Å². The second kappa shape index (κ2) is 3.10. The van der Waals surface area contributed by atoms with E-state index in [0.29, 0.717) is 0 Å². The quantitative estimate of drug-likeness (QED) is 0.639. The minimum atomic E-state index is -0.123. The van der Waals surface area contributed by atoms with E-state index in [0.717, 1.165) is 26.1 Å². The van der Waals surface area contributed by atoms with Gasteiger partial charge >= 0.3 is 5.69 Å². The van der Waals surface area contributed by atoms with Gasteiger partial charge in [0, 0.05) is 19.3 Å². The maximum absolute atomic E-state index is 11.1. The van der Waals surface area contributed by atoms with E-state index in [1.807, 2.05) is 0 Å². The van der Waals surface area contributed by atoms with Crippen LogP contribution in [0.1, 0.15) is 18.9 Å². The third-order valence-electron chi connectivity index (χ3n) is 2.16. The first-order valence-corrected chi connectivity index (χ1v) is 4.07. The highest BCUT2D eigenvalue weighted by Gasteiger charge is 2.16. The Morgan fingerprint density at radius 2 is 2.33 bits per heavy atom. The Balaban J connectivity index is 2.18. The van der Waals surface area contributed by atoms with E-state index in [2.05, 4.69) is 10.2 Å². The van der Waals surface area contributed by atoms with E-state index in [9.17, 15) is 4.79 Å². The van der Waals surface area contributed by atoms with Crippen LogP contribution in [-0.4, -0.2) is 28.0 Å². The SMILES string of the molecule is O=c1[nH]ncn1C1CCOCC1. The predicted octanol–water partition coefficient (Wildman–Crippen LogP) is -0.0771. The number of hydrogen-bond acceptors (Lipinski definition) is 3. The molecule has 2 heterocycles. The molecule has 2 rings (SSSR count). The first-order valence-electron chi connectivity index (χ1n) is 4.07. The summed E-state index contributed by atoms with van der Waals surface area (Å²) < 4.78 is 6.83. The normalized spacial score (nSPS) is 19.7. The Labute approximate surface area is 69.4 Å². The summed E-state index contributed by atoms with van der Waals surface area (Å²) >= 11 is 0. The first-order chi connectivity index (χ1) is 5.88. The summed E-state index contributed by atoms with van der Waals surface area (Å²) in [7, 11) is 0. The highest BCUT2D eigenvalue weighted by molar-refractivity contribution is 4.75. The van der Waals surface area contributed by atoms with Gasteiger partial charge in [0.1, 0.15) is 6.33 Å². The fourth-order valence-corrected chi connectivity index (χ4v) is 1.48. The minimum absolute atomic E-state index is 0.123. The monoisotopic (exact) mass is 169 g/mol. The summed E-state index contributed by atoms with van der Waals surface area (Å²) in [5.41, 5.74) is -0.123. The van der Waals surface area contributed by atoms with Crippen LogP contribution < -0.4 is 5.69 Å². The summed E-state index contributed by atoms with van der Waals surface area (Å²) in [5, 5.41) is 6.06. The van der Waals surface area contributed by atoms with Crippen molar-refractivity contribution in [1.82, 2.24) is 14.8 Å². The van der Waals surface area contributed by atoms with Gasteiger partial charge in [0.05, 0.1) is 0 Å². The number of aromatic nitrogens is 3. The highest BCUT2D eigenvalue weighted by Crippen LogP contribution is 2.17. The Kier molecular flexibility index (Phi) is 1.95. The number of nitrogens with one attached hydrogen (secondary N) is 1. The largest absolute Gasteiger partial charge is 0.381 e. The van der Waals surface area contributed by atoms with Crippen molar-refractivity contribution in [3.63, 3.8) is 0 Å². The lowest BCUT2D eigenvalue weighted by Gasteiger charge is -2.21. The third kappa shape index (κ3) is 1.27. The van der Waals surface area contributed by atoms with Crippen molar-refractivity contribution < 1.29 is 4.74 Å². The zero-order valence-electron chi connectivity index (χ0n) is 6.69. The molecule has 1 aromatic heterocycles. The standard InChI is InChI=1S/C7H11N3O2/c11-7-9-8-5-10(7)6-1-3-12-4-2-6/h5-6H,1-4H2,(H,9,11). The lowest BCUT2D eigenvalue weighted by Crippen LogP contribution is -2.26. The molecule has 0 aliphatic carbocycles. The molecule has 1 saturated heterocycles. The van der Waals surface area contributed by atoms with Gasteiger partial charge in [0.2, 0.25) is 0 Å². The zero-order valence-corrected chi connectivity index (χ0v) is 6.69. The Morgan fingerprint density at radius 1 is 1.58 bits per heavy atom. The van der Waals surface area contributed by atoms with Crippen LogP contribution in [0, 0.1) is 0 Å². The van der Waals surface area contributed by atoms with Gasteiger partial charge in [-0.05, 0) is 12.8 Å². The average molecular weight is 169 g/mol. The van der Waals surface area contributed by atoms with E-state index in [4.69, 9.17) is 4.74 Å². The molecule has 0 spiro atoms. The molecule has 5 heteroatoms. The van der Waals surface area contributed by atoms with Crippen LogP contribution in [0.15, 0.2) is 11.1 Å².